The fourth-order valence-corrected chi connectivity index (χ4v) is 4.01. The van der Waals surface area contributed by atoms with Crippen molar-refractivity contribution < 1.29 is 9.72 Å². The maximum absolute atomic E-state index is 12.5. The Morgan fingerprint density at radius 1 is 0.967 bits per heavy atom. The van der Waals surface area contributed by atoms with Gasteiger partial charge in [0, 0.05) is 18.6 Å². The molecule has 0 aliphatic rings. The highest BCUT2D eigenvalue weighted by atomic mass is 32.2. The fourth-order valence-electron chi connectivity index (χ4n) is 3.26. The van der Waals surface area contributed by atoms with Crippen LogP contribution in [-0.2, 0) is 17.6 Å². The third kappa shape index (κ3) is 4.93. The van der Waals surface area contributed by atoms with Crippen molar-refractivity contribution in [2.75, 3.05) is 5.75 Å². The van der Waals surface area contributed by atoms with Crippen LogP contribution in [0.1, 0.15) is 16.7 Å². The van der Waals surface area contributed by atoms with Gasteiger partial charge in [-0.3, -0.25) is 14.9 Å². The molecule has 30 heavy (non-hydrogen) atoms. The number of benzene rings is 3. The number of aromatic nitrogens is 2. The number of thioether (sulfide) groups is 1. The predicted octanol–water partition coefficient (Wildman–Crippen LogP) is 4.97. The van der Waals surface area contributed by atoms with Crippen LogP contribution in [0.3, 0.4) is 0 Å². The van der Waals surface area contributed by atoms with Gasteiger partial charge in [0.25, 0.3) is 5.69 Å². The zero-order valence-electron chi connectivity index (χ0n) is 16.1. The van der Waals surface area contributed by atoms with Crippen LogP contribution in [0.4, 0.5) is 5.69 Å². The molecule has 3 aromatic carbocycles. The molecule has 0 aliphatic carbocycles. The second kappa shape index (κ2) is 8.92. The molecule has 0 fully saturated rings. The van der Waals surface area contributed by atoms with Crippen molar-refractivity contribution in [3.63, 3.8) is 0 Å². The lowest BCUT2D eigenvalue weighted by Gasteiger charge is -2.05. The summed E-state index contributed by atoms with van der Waals surface area (Å²) < 4.78 is 0. The number of hydrogen-bond acceptors (Lipinski definition) is 5. The summed E-state index contributed by atoms with van der Waals surface area (Å²) in [5.74, 6) is 0.383. The summed E-state index contributed by atoms with van der Waals surface area (Å²) in [5.41, 5.74) is 4.65. The van der Waals surface area contributed by atoms with E-state index in [9.17, 15) is 14.9 Å². The molecule has 6 nitrogen and oxygen atoms in total. The number of hydrogen-bond donors (Lipinski definition) is 1. The van der Waals surface area contributed by atoms with Crippen molar-refractivity contribution in [2.45, 2.75) is 18.0 Å². The van der Waals surface area contributed by atoms with Gasteiger partial charge in [-0.25, -0.2) is 4.98 Å². The van der Waals surface area contributed by atoms with Crippen molar-refractivity contribution in [2.24, 2.45) is 0 Å². The summed E-state index contributed by atoms with van der Waals surface area (Å²) in [6, 6.07) is 22.8. The van der Waals surface area contributed by atoms with Crippen LogP contribution in [0.15, 0.2) is 78.0 Å². The number of imidazole rings is 1. The Morgan fingerprint density at radius 2 is 1.73 bits per heavy atom. The molecule has 0 unspecified atom stereocenters. The molecule has 0 amide bonds. The van der Waals surface area contributed by atoms with E-state index in [4.69, 9.17) is 0 Å². The number of Topliss-reactive ketones (excluding diaryl/α,β-unsaturated/α-hetero) is 1. The minimum Gasteiger partial charge on any atom is -0.333 e. The third-order valence-electron chi connectivity index (χ3n) is 4.67. The smallest absolute Gasteiger partial charge is 0.271 e. The Hall–Kier alpha value is -3.45. The summed E-state index contributed by atoms with van der Waals surface area (Å²) in [5, 5.41) is 11.5. The molecule has 0 saturated heterocycles. The van der Waals surface area contributed by atoms with E-state index in [2.05, 4.69) is 34.2 Å². The van der Waals surface area contributed by atoms with E-state index in [-0.39, 0.29) is 17.2 Å². The third-order valence-corrected chi connectivity index (χ3v) is 5.60. The van der Waals surface area contributed by atoms with Crippen LogP contribution in [0.25, 0.3) is 11.0 Å². The molecular formula is C23H19N3O3S. The van der Waals surface area contributed by atoms with Crippen molar-refractivity contribution in [3.8, 4) is 0 Å². The van der Waals surface area contributed by atoms with Crippen LogP contribution < -0.4 is 0 Å². The molecule has 0 atom stereocenters. The Morgan fingerprint density at radius 3 is 2.53 bits per heavy atom. The molecule has 7 heteroatoms. The predicted molar refractivity (Wildman–Crippen MR) is 118 cm³/mol. The minimum absolute atomic E-state index is 0.00848. The molecule has 0 saturated carbocycles. The van der Waals surface area contributed by atoms with Gasteiger partial charge in [-0.15, -0.1) is 0 Å². The maximum Gasteiger partial charge on any atom is 0.271 e. The molecule has 0 bridgehead atoms. The van der Waals surface area contributed by atoms with Crippen LogP contribution in [0, 0.1) is 10.1 Å². The number of non-ortho nitro benzene ring substituents is 1. The average molecular weight is 417 g/mol. The normalized spacial score (nSPS) is 10.9. The molecule has 4 aromatic rings. The SMILES string of the molecule is O=C(CSc1nc2ccc([N+](=O)[O-])cc2[nH]1)Cc1cccc(Cc2ccccc2)c1. The van der Waals surface area contributed by atoms with Crippen LogP contribution in [0.5, 0.6) is 0 Å². The Bertz CT molecular complexity index is 1200. The van der Waals surface area contributed by atoms with E-state index in [1.54, 1.807) is 6.07 Å². The topological polar surface area (TPSA) is 88.9 Å². The standard InChI is InChI=1S/C23H19N3O3S/c27-20(13-18-8-4-7-17(12-18)11-16-5-2-1-3-6-16)15-30-23-24-21-10-9-19(26(28)29)14-22(21)25-23/h1-10,12,14H,11,13,15H2,(H,24,25). The maximum atomic E-state index is 12.5. The van der Waals surface area contributed by atoms with Crippen LogP contribution >= 0.6 is 11.8 Å². The number of nitro groups is 1. The van der Waals surface area contributed by atoms with Crippen molar-refractivity contribution in [1.29, 1.82) is 0 Å². The molecule has 0 spiro atoms. The van der Waals surface area contributed by atoms with E-state index in [0.29, 0.717) is 22.6 Å². The van der Waals surface area contributed by atoms with Gasteiger partial charge in [-0.05, 0) is 29.2 Å². The van der Waals surface area contributed by atoms with Gasteiger partial charge in [0.05, 0.1) is 21.7 Å². The molecule has 1 aromatic heterocycles. The lowest BCUT2D eigenvalue weighted by Crippen LogP contribution is -2.06. The van der Waals surface area contributed by atoms with Crippen molar-refractivity contribution >= 4 is 34.3 Å². The number of ketones is 1. The number of rotatable bonds is 8. The quantitative estimate of drug-likeness (QED) is 0.248. The Labute approximate surface area is 177 Å². The monoisotopic (exact) mass is 417 g/mol. The van der Waals surface area contributed by atoms with E-state index in [1.165, 1.54) is 35.0 Å². The van der Waals surface area contributed by atoms with Gasteiger partial charge in [0.1, 0.15) is 5.78 Å². The van der Waals surface area contributed by atoms with Crippen molar-refractivity contribution in [1.82, 2.24) is 9.97 Å². The number of nitrogens with zero attached hydrogens (tertiary/aromatic N) is 2. The van der Waals surface area contributed by atoms with Crippen LogP contribution in [-0.4, -0.2) is 26.4 Å². The largest absolute Gasteiger partial charge is 0.333 e. The molecule has 150 valence electrons. The summed E-state index contributed by atoms with van der Waals surface area (Å²) >= 11 is 1.31. The van der Waals surface area contributed by atoms with Crippen LogP contribution in [0.2, 0.25) is 0 Å². The summed E-state index contributed by atoms with van der Waals surface area (Å²) in [7, 11) is 0. The van der Waals surface area contributed by atoms with Gasteiger partial charge in [0.15, 0.2) is 5.16 Å². The highest BCUT2D eigenvalue weighted by Gasteiger charge is 2.12. The van der Waals surface area contributed by atoms with Gasteiger partial charge in [0.2, 0.25) is 0 Å². The lowest BCUT2D eigenvalue weighted by molar-refractivity contribution is -0.384. The number of aromatic amines is 1. The zero-order valence-corrected chi connectivity index (χ0v) is 16.9. The molecule has 0 aliphatic heterocycles. The number of carbonyl (C=O) groups is 1. The highest BCUT2D eigenvalue weighted by Crippen LogP contribution is 2.23. The molecule has 1 N–H and O–H groups in total. The molecule has 0 radical (unpaired) electrons. The average Bonchev–Trinajstić information content (AvgIpc) is 3.15. The van der Waals surface area contributed by atoms with E-state index in [1.807, 2.05) is 30.3 Å². The molecule has 1 heterocycles. The first kappa shape index (κ1) is 19.8. The summed E-state index contributed by atoms with van der Waals surface area (Å²) in [6.45, 7) is 0. The lowest BCUT2D eigenvalue weighted by atomic mass is 10.0. The number of H-pyrrole nitrogens is 1. The second-order valence-electron chi connectivity index (χ2n) is 6.99. The number of nitrogens with one attached hydrogen (secondary N) is 1. The Balaban J connectivity index is 1.36. The van der Waals surface area contributed by atoms with Gasteiger partial charge in [-0.1, -0.05) is 66.4 Å². The first-order valence-corrected chi connectivity index (χ1v) is 10.5. The first-order valence-electron chi connectivity index (χ1n) is 9.47. The molecule has 4 rings (SSSR count). The summed E-state index contributed by atoms with van der Waals surface area (Å²) in [6.07, 6.45) is 1.20. The van der Waals surface area contributed by atoms with E-state index >= 15 is 0 Å². The van der Waals surface area contributed by atoms with Gasteiger partial charge >= 0.3 is 0 Å². The first-order chi connectivity index (χ1) is 14.6. The second-order valence-corrected chi connectivity index (χ2v) is 7.95. The van der Waals surface area contributed by atoms with Crippen molar-refractivity contribution in [3.05, 3.63) is 99.6 Å². The summed E-state index contributed by atoms with van der Waals surface area (Å²) in [4.78, 5) is 30.3. The fraction of sp³-hybridized carbons (Fsp3) is 0.130. The molecular weight excluding hydrogens is 398 g/mol. The van der Waals surface area contributed by atoms with E-state index < -0.39 is 4.92 Å². The van der Waals surface area contributed by atoms with Gasteiger partial charge in [-0.2, -0.15) is 0 Å². The number of fused-ring (bicyclic) bond motifs is 1. The Kier molecular flexibility index (Phi) is 5.90. The van der Waals surface area contributed by atoms with Gasteiger partial charge < -0.3 is 4.98 Å². The highest BCUT2D eigenvalue weighted by molar-refractivity contribution is 7.99. The minimum atomic E-state index is -0.442. The number of nitro benzene ring substituents is 1. The van der Waals surface area contributed by atoms with E-state index in [0.717, 1.165) is 12.0 Å². The zero-order chi connectivity index (χ0) is 20.9. The number of carbonyl (C=O) groups excluding carboxylic acids is 1.